The molecular formula is C19H25N3O. The highest BCUT2D eigenvalue weighted by molar-refractivity contribution is 6.01. The number of likely N-dealkylation sites (N-methyl/N-ethyl adjacent to an activating group) is 1. The van der Waals surface area contributed by atoms with Gasteiger partial charge in [0.05, 0.1) is 0 Å². The Labute approximate surface area is 138 Å². The van der Waals surface area contributed by atoms with Gasteiger partial charge in [-0.2, -0.15) is 5.26 Å². The topological polar surface area (TPSA) is 56.1 Å². The Morgan fingerprint density at radius 3 is 2.78 bits per heavy atom. The lowest BCUT2D eigenvalue weighted by atomic mass is 9.79. The van der Waals surface area contributed by atoms with E-state index in [-0.39, 0.29) is 17.0 Å². The van der Waals surface area contributed by atoms with E-state index in [0.29, 0.717) is 5.92 Å². The van der Waals surface area contributed by atoms with E-state index in [1.807, 2.05) is 12.1 Å². The van der Waals surface area contributed by atoms with E-state index in [1.54, 1.807) is 6.08 Å². The van der Waals surface area contributed by atoms with Crippen LogP contribution < -0.4 is 10.2 Å². The number of carbonyl (C=O) groups excluding carboxylic acids is 1. The van der Waals surface area contributed by atoms with Crippen LogP contribution in [-0.2, 0) is 4.79 Å². The molecule has 0 aliphatic carbocycles. The first-order chi connectivity index (χ1) is 10.8. The second-order valence-electron chi connectivity index (χ2n) is 6.73. The summed E-state index contributed by atoms with van der Waals surface area (Å²) in [7, 11) is 1.53. The van der Waals surface area contributed by atoms with Crippen molar-refractivity contribution < 1.29 is 4.79 Å². The number of amides is 1. The minimum Gasteiger partial charge on any atom is -0.366 e. The van der Waals surface area contributed by atoms with Crippen molar-refractivity contribution in [3.63, 3.8) is 0 Å². The normalized spacial score (nSPS) is 19.7. The van der Waals surface area contributed by atoms with Crippen molar-refractivity contribution in [2.75, 3.05) is 18.5 Å². The van der Waals surface area contributed by atoms with E-state index in [1.165, 1.54) is 18.3 Å². The van der Waals surface area contributed by atoms with Gasteiger partial charge in [-0.3, -0.25) is 4.79 Å². The van der Waals surface area contributed by atoms with Crippen LogP contribution in [-0.4, -0.2) is 25.0 Å². The number of benzene rings is 1. The molecule has 0 aromatic heterocycles. The molecule has 1 amide bonds. The van der Waals surface area contributed by atoms with Crippen LogP contribution in [0.15, 0.2) is 23.8 Å². The molecule has 1 heterocycles. The molecule has 23 heavy (non-hydrogen) atoms. The van der Waals surface area contributed by atoms with E-state index in [9.17, 15) is 4.79 Å². The summed E-state index contributed by atoms with van der Waals surface area (Å²) in [5, 5.41) is 11.6. The first-order valence-corrected chi connectivity index (χ1v) is 8.09. The Morgan fingerprint density at radius 1 is 1.52 bits per heavy atom. The third kappa shape index (κ3) is 3.24. The third-order valence-corrected chi connectivity index (χ3v) is 4.63. The van der Waals surface area contributed by atoms with Crippen LogP contribution in [0, 0.1) is 11.3 Å². The van der Waals surface area contributed by atoms with Crippen molar-refractivity contribution in [1.29, 1.82) is 5.26 Å². The molecule has 1 aliphatic rings. The second kappa shape index (κ2) is 6.45. The lowest BCUT2D eigenvalue weighted by molar-refractivity contribution is -0.116. The third-order valence-electron chi connectivity index (χ3n) is 4.63. The second-order valence-corrected chi connectivity index (χ2v) is 6.73. The van der Waals surface area contributed by atoms with Crippen LogP contribution in [0.2, 0.25) is 0 Å². The molecule has 1 aromatic carbocycles. The van der Waals surface area contributed by atoms with Crippen molar-refractivity contribution in [3.8, 4) is 6.07 Å². The zero-order chi connectivity index (χ0) is 17.2. The van der Waals surface area contributed by atoms with E-state index in [4.69, 9.17) is 5.26 Å². The molecule has 2 rings (SSSR count). The van der Waals surface area contributed by atoms with Crippen molar-refractivity contribution in [2.45, 2.75) is 45.6 Å². The molecular weight excluding hydrogens is 286 g/mol. The Hall–Kier alpha value is -2.28. The van der Waals surface area contributed by atoms with Gasteiger partial charge in [-0.05, 0) is 62.4 Å². The number of hydrogen-bond acceptors (Lipinski definition) is 3. The predicted octanol–water partition coefficient (Wildman–Crippen LogP) is 3.45. The van der Waals surface area contributed by atoms with Crippen LogP contribution in [0.1, 0.15) is 51.2 Å². The van der Waals surface area contributed by atoms with Crippen molar-refractivity contribution in [3.05, 3.63) is 34.9 Å². The number of rotatable bonds is 3. The maximum absolute atomic E-state index is 11.7. The molecule has 1 N–H and O–H groups in total. The van der Waals surface area contributed by atoms with Crippen LogP contribution in [0.4, 0.5) is 5.69 Å². The molecule has 4 heteroatoms. The first kappa shape index (κ1) is 17.1. The zero-order valence-electron chi connectivity index (χ0n) is 14.6. The largest absolute Gasteiger partial charge is 0.366 e. The highest BCUT2D eigenvalue weighted by Gasteiger charge is 2.35. The van der Waals surface area contributed by atoms with Gasteiger partial charge in [-0.15, -0.1) is 0 Å². The number of nitrogens with zero attached hydrogens (tertiary/aromatic N) is 2. The molecule has 0 bridgehead atoms. The molecule has 0 fully saturated rings. The lowest BCUT2D eigenvalue weighted by Crippen LogP contribution is -2.48. The van der Waals surface area contributed by atoms with Crippen LogP contribution >= 0.6 is 0 Å². The van der Waals surface area contributed by atoms with Crippen LogP contribution in [0.5, 0.6) is 0 Å². The van der Waals surface area contributed by atoms with Gasteiger partial charge in [0.2, 0.25) is 0 Å². The monoisotopic (exact) mass is 311 g/mol. The van der Waals surface area contributed by atoms with Gasteiger partial charge < -0.3 is 10.2 Å². The van der Waals surface area contributed by atoms with Gasteiger partial charge in [-0.25, -0.2) is 0 Å². The summed E-state index contributed by atoms with van der Waals surface area (Å²) < 4.78 is 0. The van der Waals surface area contributed by atoms with E-state index in [2.05, 4.69) is 50.0 Å². The molecule has 1 aromatic rings. The lowest BCUT2D eigenvalue weighted by Gasteiger charge is -2.47. The van der Waals surface area contributed by atoms with Gasteiger partial charge >= 0.3 is 0 Å². The minimum atomic E-state index is -0.352. The summed E-state index contributed by atoms with van der Waals surface area (Å²) in [6.45, 7) is 9.94. The zero-order valence-corrected chi connectivity index (χ0v) is 14.6. The van der Waals surface area contributed by atoms with Crippen molar-refractivity contribution in [1.82, 2.24) is 5.32 Å². The summed E-state index contributed by atoms with van der Waals surface area (Å²) in [4.78, 5) is 14.1. The van der Waals surface area contributed by atoms with Gasteiger partial charge in [0.1, 0.15) is 11.6 Å². The fourth-order valence-corrected chi connectivity index (χ4v) is 3.65. The predicted molar refractivity (Wildman–Crippen MR) is 94.2 cm³/mol. The molecule has 1 unspecified atom stereocenters. The smallest absolute Gasteiger partial charge is 0.261 e. The summed E-state index contributed by atoms with van der Waals surface area (Å²) in [5.74, 6) is 0.0938. The van der Waals surface area contributed by atoms with Gasteiger partial charge in [0.25, 0.3) is 5.91 Å². The number of fused-ring (bicyclic) bond motifs is 1. The quantitative estimate of drug-likeness (QED) is 0.687. The van der Waals surface area contributed by atoms with Crippen LogP contribution in [0.3, 0.4) is 0 Å². The van der Waals surface area contributed by atoms with Gasteiger partial charge in [0.15, 0.2) is 0 Å². The molecule has 1 aliphatic heterocycles. The molecule has 4 nitrogen and oxygen atoms in total. The number of hydrogen-bond donors (Lipinski definition) is 1. The average Bonchev–Trinajstić information content (AvgIpc) is 2.51. The van der Waals surface area contributed by atoms with E-state index in [0.717, 1.165) is 18.5 Å². The molecule has 0 radical (unpaired) electrons. The van der Waals surface area contributed by atoms with E-state index >= 15 is 0 Å². The molecule has 0 spiro atoms. The molecule has 122 valence electrons. The summed E-state index contributed by atoms with van der Waals surface area (Å²) in [6, 6.07) is 8.17. The van der Waals surface area contributed by atoms with E-state index < -0.39 is 0 Å². The summed E-state index contributed by atoms with van der Waals surface area (Å²) in [5.41, 5.74) is 3.70. The maximum atomic E-state index is 11.7. The molecule has 1 atom stereocenters. The van der Waals surface area contributed by atoms with Crippen LogP contribution in [0.25, 0.3) is 6.08 Å². The number of carbonyl (C=O) groups is 1. The summed E-state index contributed by atoms with van der Waals surface area (Å²) >= 11 is 0. The fourth-order valence-electron chi connectivity index (χ4n) is 3.65. The van der Waals surface area contributed by atoms with Gasteiger partial charge in [-0.1, -0.05) is 13.0 Å². The molecule has 0 saturated carbocycles. The number of anilines is 1. The number of nitrogens with one attached hydrogen (secondary N) is 1. The highest BCUT2D eigenvalue weighted by atomic mass is 16.1. The standard InChI is InChI=1S/C19H25N3O/c1-6-22-17-8-7-14(9-15(12-20)18(23)21-5)10-16(17)13(2)11-19(22,3)4/h7-10,13H,6,11H2,1-5H3,(H,21,23)/b15-9-. The Morgan fingerprint density at radius 2 is 2.22 bits per heavy atom. The minimum absolute atomic E-state index is 0.128. The Bertz CT molecular complexity index is 682. The maximum Gasteiger partial charge on any atom is 0.261 e. The van der Waals surface area contributed by atoms with Crippen molar-refractivity contribution >= 4 is 17.7 Å². The highest BCUT2D eigenvalue weighted by Crippen LogP contribution is 2.43. The fraction of sp³-hybridized carbons (Fsp3) is 0.474. The molecule has 0 saturated heterocycles. The van der Waals surface area contributed by atoms with Crippen molar-refractivity contribution in [2.24, 2.45) is 0 Å². The number of nitriles is 1. The Balaban J connectivity index is 2.48. The average molecular weight is 311 g/mol. The SMILES string of the molecule is CCN1c2ccc(/C=C(/C#N)C(=O)NC)cc2C(C)CC1(C)C. The first-order valence-electron chi connectivity index (χ1n) is 8.09. The Kier molecular flexibility index (Phi) is 4.79. The summed E-state index contributed by atoms with van der Waals surface area (Å²) in [6.07, 6.45) is 2.74. The van der Waals surface area contributed by atoms with Gasteiger partial charge in [0, 0.05) is 24.8 Å².